The van der Waals surface area contributed by atoms with Gasteiger partial charge in [0, 0.05) is 30.0 Å². The van der Waals surface area contributed by atoms with Gasteiger partial charge in [-0.2, -0.15) is 0 Å². The van der Waals surface area contributed by atoms with E-state index in [9.17, 15) is 4.79 Å². The third-order valence-corrected chi connectivity index (χ3v) is 6.61. The molecular formula is C21H25N2OS+. The first-order chi connectivity index (χ1) is 12.2. The van der Waals surface area contributed by atoms with Crippen molar-refractivity contribution in [3.05, 3.63) is 63.9 Å². The molecule has 0 fully saturated rings. The van der Waals surface area contributed by atoms with Crippen LogP contribution in [0.3, 0.4) is 0 Å². The van der Waals surface area contributed by atoms with Crippen molar-refractivity contribution in [2.24, 2.45) is 0 Å². The standard InChI is InChI=1S/C21H24N2OS/c1-16-19-10-14-25-20(19)9-13-23(16)15-21(24)22-11-7-18(8-12-22)17-5-3-2-4-6-17/h2-7,10,14,16H,8-9,11-13,15H2,1H3/p+1/t16-/m0/s1. The lowest BCUT2D eigenvalue weighted by molar-refractivity contribution is -0.924. The van der Waals surface area contributed by atoms with Crippen LogP contribution < -0.4 is 4.90 Å². The third-order valence-electron chi connectivity index (χ3n) is 5.62. The van der Waals surface area contributed by atoms with Crippen LogP contribution in [-0.4, -0.2) is 37.0 Å². The van der Waals surface area contributed by atoms with Gasteiger partial charge in [-0.05, 0) is 35.9 Å². The van der Waals surface area contributed by atoms with Crippen molar-refractivity contribution in [3.63, 3.8) is 0 Å². The molecule has 4 heteroatoms. The summed E-state index contributed by atoms with van der Waals surface area (Å²) in [6, 6.07) is 13.2. The maximum Gasteiger partial charge on any atom is 0.278 e. The van der Waals surface area contributed by atoms with E-state index < -0.39 is 0 Å². The maximum absolute atomic E-state index is 12.8. The van der Waals surface area contributed by atoms with Gasteiger partial charge in [-0.25, -0.2) is 0 Å². The zero-order chi connectivity index (χ0) is 17.2. The second-order valence-corrected chi connectivity index (χ2v) is 8.04. The van der Waals surface area contributed by atoms with Gasteiger partial charge in [0.2, 0.25) is 0 Å². The zero-order valence-corrected chi connectivity index (χ0v) is 15.5. The molecule has 1 unspecified atom stereocenters. The Hall–Kier alpha value is -1.91. The molecule has 1 N–H and O–H groups in total. The van der Waals surface area contributed by atoms with Gasteiger partial charge in [0.05, 0.1) is 6.54 Å². The molecule has 4 rings (SSSR count). The van der Waals surface area contributed by atoms with Crippen LogP contribution in [-0.2, 0) is 11.2 Å². The number of nitrogens with zero attached hydrogens (tertiary/aromatic N) is 1. The molecule has 130 valence electrons. The molecule has 0 saturated heterocycles. The van der Waals surface area contributed by atoms with Crippen molar-refractivity contribution in [2.75, 3.05) is 26.2 Å². The Morgan fingerprint density at radius 3 is 2.84 bits per heavy atom. The van der Waals surface area contributed by atoms with E-state index in [0.29, 0.717) is 18.5 Å². The molecule has 1 amide bonds. The van der Waals surface area contributed by atoms with Crippen LogP contribution in [0.2, 0.25) is 0 Å². The molecule has 3 heterocycles. The summed E-state index contributed by atoms with van der Waals surface area (Å²) in [6.07, 6.45) is 4.29. The highest BCUT2D eigenvalue weighted by Crippen LogP contribution is 2.25. The van der Waals surface area contributed by atoms with Crippen LogP contribution in [0.5, 0.6) is 0 Å². The van der Waals surface area contributed by atoms with Crippen LogP contribution in [0.1, 0.15) is 35.4 Å². The molecule has 0 spiro atoms. The number of carbonyl (C=O) groups excluding carboxylic acids is 1. The number of nitrogens with one attached hydrogen (secondary N) is 1. The molecule has 2 aliphatic rings. The summed E-state index contributed by atoms with van der Waals surface area (Å²) < 4.78 is 0. The maximum atomic E-state index is 12.8. The highest BCUT2D eigenvalue weighted by atomic mass is 32.1. The smallest absolute Gasteiger partial charge is 0.278 e. The van der Waals surface area contributed by atoms with Crippen LogP contribution >= 0.6 is 11.3 Å². The lowest BCUT2D eigenvalue weighted by atomic mass is 9.99. The van der Waals surface area contributed by atoms with E-state index >= 15 is 0 Å². The minimum atomic E-state index is 0.295. The quantitative estimate of drug-likeness (QED) is 0.901. The fraction of sp³-hybridized carbons (Fsp3) is 0.381. The molecular weight excluding hydrogens is 328 g/mol. The summed E-state index contributed by atoms with van der Waals surface area (Å²) in [5.41, 5.74) is 4.10. The van der Waals surface area contributed by atoms with Crippen molar-refractivity contribution < 1.29 is 9.69 Å². The van der Waals surface area contributed by atoms with Gasteiger partial charge in [0.15, 0.2) is 6.54 Å². The van der Waals surface area contributed by atoms with E-state index in [-0.39, 0.29) is 0 Å². The minimum Gasteiger partial charge on any atom is -0.334 e. The van der Waals surface area contributed by atoms with E-state index in [1.165, 1.54) is 26.5 Å². The molecule has 3 nitrogen and oxygen atoms in total. The number of carbonyl (C=O) groups is 1. The Bertz CT molecular complexity index is 780. The van der Waals surface area contributed by atoms with Gasteiger partial charge in [-0.1, -0.05) is 36.4 Å². The Morgan fingerprint density at radius 2 is 2.08 bits per heavy atom. The van der Waals surface area contributed by atoms with Crippen LogP contribution in [0.25, 0.3) is 5.57 Å². The fourth-order valence-corrected chi connectivity index (χ4v) is 4.99. The number of hydrogen-bond donors (Lipinski definition) is 1. The first-order valence-corrected chi connectivity index (χ1v) is 10.0. The lowest BCUT2D eigenvalue weighted by Gasteiger charge is -2.33. The van der Waals surface area contributed by atoms with Crippen LogP contribution in [0.15, 0.2) is 47.9 Å². The number of rotatable bonds is 3. The van der Waals surface area contributed by atoms with Crippen molar-refractivity contribution in [1.82, 2.24) is 4.90 Å². The molecule has 25 heavy (non-hydrogen) atoms. The molecule has 0 bridgehead atoms. The van der Waals surface area contributed by atoms with Crippen molar-refractivity contribution >= 4 is 22.8 Å². The van der Waals surface area contributed by atoms with E-state index in [0.717, 1.165) is 32.5 Å². The number of quaternary nitrogens is 1. The number of amides is 1. The summed E-state index contributed by atoms with van der Waals surface area (Å²) in [4.78, 5) is 17.7. The molecule has 1 aromatic heterocycles. The Kier molecular flexibility index (Phi) is 4.73. The van der Waals surface area contributed by atoms with Crippen molar-refractivity contribution in [1.29, 1.82) is 0 Å². The number of hydrogen-bond acceptors (Lipinski definition) is 2. The van der Waals surface area contributed by atoms with E-state index in [1.807, 2.05) is 22.3 Å². The second-order valence-electron chi connectivity index (χ2n) is 7.04. The highest BCUT2D eigenvalue weighted by molar-refractivity contribution is 7.10. The second kappa shape index (κ2) is 7.14. The molecule has 2 aromatic rings. The first kappa shape index (κ1) is 16.6. The van der Waals surface area contributed by atoms with Gasteiger partial charge in [-0.3, -0.25) is 4.79 Å². The SMILES string of the molecule is C[C@H]1c2ccsc2CC[NH+]1CC(=O)N1CC=C(c2ccccc2)CC1. The number of benzene rings is 1. The summed E-state index contributed by atoms with van der Waals surface area (Å²) in [7, 11) is 0. The molecule has 0 saturated carbocycles. The Labute approximate surface area is 153 Å². The van der Waals surface area contributed by atoms with Crippen LogP contribution in [0.4, 0.5) is 0 Å². The summed E-state index contributed by atoms with van der Waals surface area (Å²) in [6.45, 7) is 5.53. The van der Waals surface area contributed by atoms with Gasteiger partial charge in [0.25, 0.3) is 5.91 Å². The molecule has 1 aromatic carbocycles. The van der Waals surface area contributed by atoms with Gasteiger partial charge in [0.1, 0.15) is 6.04 Å². The topological polar surface area (TPSA) is 24.8 Å². The summed E-state index contributed by atoms with van der Waals surface area (Å²) in [5.74, 6) is 0.295. The summed E-state index contributed by atoms with van der Waals surface area (Å²) >= 11 is 1.86. The van der Waals surface area contributed by atoms with E-state index in [4.69, 9.17) is 0 Å². The predicted molar refractivity (Wildman–Crippen MR) is 103 cm³/mol. The molecule has 2 atom stereocenters. The monoisotopic (exact) mass is 353 g/mol. The van der Waals surface area contributed by atoms with E-state index in [1.54, 1.807) is 0 Å². The van der Waals surface area contributed by atoms with Crippen LogP contribution in [0, 0.1) is 0 Å². The average Bonchev–Trinajstić information content (AvgIpc) is 3.14. The highest BCUT2D eigenvalue weighted by Gasteiger charge is 2.31. The molecule has 0 radical (unpaired) electrons. The Morgan fingerprint density at radius 1 is 1.24 bits per heavy atom. The lowest BCUT2D eigenvalue weighted by Crippen LogP contribution is -3.14. The largest absolute Gasteiger partial charge is 0.334 e. The van der Waals surface area contributed by atoms with Crippen molar-refractivity contribution in [3.8, 4) is 0 Å². The third kappa shape index (κ3) is 3.42. The van der Waals surface area contributed by atoms with Crippen molar-refractivity contribution in [2.45, 2.75) is 25.8 Å². The normalized spacial score (nSPS) is 23.1. The molecule has 2 aliphatic heterocycles. The first-order valence-electron chi connectivity index (χ1n) is 9.15. The number of thiophene rings is 1. The summed E-state index contributed by atoms with van der Waals surface area (Å²) in [5, 5.41) is 2.19. The van der Waals surface area contributed by atoms with Gasteiger partial charge < -0.3 is 9.80 Å². The van der Waals surface area contributed by atoms with Gasteiger partial charge in [-0.15, -0.1) is 11.3 Å². The Balaban J connectivity index is 1.38. The van der Waals surface area contributed by atoms with Gasteiger partial charge >= 0.3 is 0 Å². The average molecular weight is 354 g/mol. The fourth-order valence-electron chi connectivity index (χ4n) is 4.01. The van der Waals surface area contributed by atoms with E-state index in [2.05, 4.69) is 48.7 Å². The number of fused-ring (bicyclic) bond motifs is 1. The minimum absolute atomic E-state index is 0.295. The predicted octanol–water partition coefficient (Wildman–Crippen LogP) is 2.57. The zero-order valence-electron chi connectivity index (χ0n) is 14.7. The molecule has 0 aliphatic carbocycles.